The number of nitrogens with one attached hydrogen (secondary N) is 1. The summed E-state index contributed by atoms with van der Waals surface area (Å²) in [4.78, 5) is 4.17. The van der Waals surface area contributed by atoms with Crippen molar-refractivity contribution in [3.63, 3.8) is 0 Å². The third kappa shape index (κ3) is 3.46. The van der Waals surface area contributed by atoms with E-state index in [1.165, 1.54) is 5.56 Å². The summed E-state index contributed by atoms with van der Waals surface area (Å²) in [7, 11) is 0. The average molecular weight is 247 g/mol. The second kappa shape index (κ2) is 5.69. The van der Waals surface area contributed by atoms with Gasteiger partial charge in [-0.1, -0.05) is 12.1 Å². The summed E-state index contributed by atoms with van der Waals surface area (Å²) < 4.78 is 0. The molecule has 0 amide bonds. The van der Waals surface area contributed by atoms with Gasteiger partial charge in [0.2, 0.25) is 0 Å². The monoisotopic (exact) mass is 246 g/mol. The van der Waals surface area contributed by atoms with Crippen molar-refractivity contribution in [2.75, 3.05) is 11.2 Å². The van der Waals surface area contributed by atoms with E-state index in [9.17, 15) is 0 Å². The molecule has 0 aliphatic heterocycles. The van der Waals surface area contributed by atoms with Crippen molar-refractivity contribution in [3.8, 4) is 0 Å². The number of anilines is 2. The van der Waals surface area contributed by atoms with Crippen LogP contribution in [0.2, 0.25) is 0 Å². The molecule has 0 aliphatic rings. The third-order valence-corrected chi connectivity index (χ3v) is 2.71. The molecule has 2 rings (SSSR count). The van der Waals surface area contributed by atoms with Gasteiger partial charge in [-0.15, -0.1) is 11.6 Å². The van der Waals surface area contributed by atoms with Crippen LogP contribution in [0.25, 0.3) is 0 Å². The molecule has 1 aromatic heterocycles. The summed E-state index contributed by atoms with van der Waals surface area (Å²) in [5.41, 5.74) is 4.40. The summed E-state index contributed by atoms with van der Waals surface area (Å²) in [5, 5.41) is 3.34. The Kier molecular flexibility index (Phi) is 3.99. The topological polar surface area (TPSA) is 24.9 Å². The first-order valence-electron chi connectivity index (χ1n) is 5.62. The van der Waals surface area contributed by atoms with E-state index in [1.54, 1.807) is 6.20 Å². The van der Waals surface area contributed by atoms with Gasteiger partial charge in [0, 0.05) is 29.1 Å². The Hall–Kier alpha value is -1.54. The van der Waals surface area contributed by atoms with E-state index in [-0.39, 0.29) is 0 Å². The van der Waals surface area contributed by atoms with E-state index in [2.05, 4.69) is 34.6 Å². The molecule has 0 saturated carbocycles. The van der Waals surface area contributed by atoms with Gasteiger partial charge in [0.15, 0.2) is 0 Å². The maximum absolute atomic E-state index is 5.70. The van der Waals surface area contributed by atoms with Gasteiger partial charge >= 0.3 is 0 Å². The van der Waals surface area contributed by atoms with Crippen molar-refractivity contribution >= 4 is 23.0 Å². The van der Waals surface area contributed by atoms with E-state index >= 15 is 0 Å². The average Bonchev–Trinajstić information content (AvgIpc) is 2.32. The number of pyridine rings is 1. The molecule has 0 atom stereocenters. The molecule has 0 radical (unpaired) electrons. The Labute approximate surface area is 107 Å². The summed E-state index contributed by atoms with van der Waals surface area (Å²) in [6.07, 6.45) is 2.72. The molecule has 1 aromatic carbocycles. The van der Waals surface area contributed by atoms with Crippen molar-refractivity contribution in [3.05, 3.63) is 53.9 Å². The molecule has 2 nitrogen and oxygen atoms in total. The first kappa shape index (κ1) is 11.9. The largest absolute Gasteiger partial charge is 0.355 e. The number of nitrogens with zero attached hydrogens (tertiary/aromatic N) is 1. The van der Waals surface area contributed by atoms with Crippen LogP contribution in [0.15, 0.2) is 42.6 Å². The maximum atomic E-state index is 5.70. The van der Waals surface area contributed by atoms with Gasteiger partial charge in [-0.25, -0.2) is 0 Å². The normalized spacial score (nSPS) is 10.2. The standard InChI is InChI=1S/C14H15ClN2/c1-11-10-14(7-9-16-11)17-13-4-2-12(3-5-13)6-8-15/h2-5,7,9-10H,6,8H2,1H3,(H,16,17). The van der Waals surface area contributed by atoms with E-state index in [0.717, 1.165) is 23.5 Å². The quantitative estimate of drug-likeness (QED) is 0.828. The van der Waals surface area contributed by atoms with E-state index < -0.39 is 0 Å². The third-order valence-electron chi connectivity index (χ3n) is 2.52. The molecular formula is C14H15ClN2. The van der Waals surface area contributed by atoms with Crippen LogP contribution in [0.5, 0.6) is 0 Å². The van der Waals surface area contributed by atoms with Crippen LogP contribution >= 0.6 is 11.6 Å². The van der Waals surface area contributed by atoms with Crippen molar-refractivity contribution in [1.29, 1.82) is 0 Å². The second-order valence-electron chi connectivity index (χ2n) is 3.95. The number of hydrogen-bond donors (Lipinski definition) is 1. The zero-order valence-corrected chi connectivity index (χ0v) is 10.5. The van der Waals surface area contributed by atoms with Crippen LogP contribution in [-0.4, -0.2) is 10.9 Å². The minimum absolute atomic E-state index is 0.663. The van der Waals surface area contributed by atoms with Gasteiger partial charge in [-0.3, -0.25) is 4.98 Å². The zero-order valence-electron chi connectivity index (χ0n) is 9.78. The number of benzene rings is 1. The highest BCUT2D eigenvalue weighted by molar-refractivity contribution is 6.17. The van der Waals surface area contributed by atoms with Crippen LogP contribution in [0.3, 0.4) is 0 Å². The van der Waals surface area contributed by atoms with Gasteiger partial charge in [-0.05, 0) is 43.2 Å². The fraction of sp³-hybridized carbons (Fsp3) is 0.214. The number of aromatic nitrogens is 1. The number of alkyl halides is 1. The first-order valence-corrected chi connectivity index (χ1v) is 6.16. The molecule has 0 spiro atoms. The molecule has 0 aliphatic carbocycles. The van der Waals surface area contributed by atoms with Gasteiger partial charge in [0.1, 0.15) is 0 Å². The van der Waals surface area contributed by atoms with E-state index in [4.69, 9.17) is 11.6 Å². The number of halogens is 1. The number of aryl methyl sites for hydroxylation is 2. The molecular weight excluding hydrogens is 232 g/mol. The Morgan fingerprint density at radius 1 is 1.12 bits per heavy atom. The molecule has 88 valence electrons. The van der Waals surface area contributed by atoms with Crippen LogP contribution in [-0.2, 0) is 6.42 Å². The van der Waals surface area contributed by atoms with Gasteiger partial charge in [-0.2, -0.15) is 0 Å². The SMILES string of the molecule is Cc1cc(Nc2ccc(CCCl)cc2)ccn1. The lowest BCUT2D eigenvalue weighted by Gasteiger charge is -2.07. The molecule has 0 bridgehead atoms. The molecule has 17 heavy (non-hydrogen) atoms. The Morgan fingerprint density at radius 3 is 2.53 bits per heavy atom. The van der Waals surface area contributed by atoms with Crippen LogP contribution in [0.1, 0.15) is 11.3 Å². The Balaban J connectivity index is 2.08. The van der Waals surface area contributed by atoms with Crippen LogP contribution in [0, 0.1) is 6.92 Å². The Morgan fingerprint density at radius 2 is 1.88 bits per heavy atom. The summed E-state index contributed by atoms with van der Waals surface area (Å²) in [6.45, 7) is 1.98. The molecule has 1 N–H and O–H groups in total. The summed E-state index contributed by atoms with van der Waals surface area (Å²) >= 11 is 5.70. The maximum Gasteiger partial charge on any atom is 0.0417 e. The van der Waals surface area contributed by atoms with Gasteiger partial charge in [0.25, 0.3) is 0 Å². The highest BCUT2D eigenvalue weighted by Crippen LogP contribution is 2.17. The molecule has 0 fully saturated rings. The predicted octanol–water partition coefficient (Wildman–Crippen LogP) is 3.91. The molecule has 0 unspecified atom stereocenters. The molecule has 0 saturated heterocycles. The zero-order chi connectivity index (χ0) is 12.1. The van der Waals surface area contributed by atoms with Crippen molar-refractivity contribution in [2.24, 2.45) is 0 Å². The van der Waals surface area contributed by atoms with E-state index in [1.807, 2.05) is 19.1 Å². The molecule has 1 heterocycles. The Bertz CT molecular complexity index is 480. The lowest BCUT2D eigenvalue weighted by Crippen LogP contribution is -1.92. The fourth-order valence-electron chi connectivity index (χ4n) is 1.65. The number of rotatable bonds is 4. The van der Waals surface area contributed by atoms with Crippen molar-refractivity contribution in [2.45, 2.75) is 13.3 Å². The smallest absolute Gasteiger partial charge is 0.0417 e. The predicted molar refractivity (Wildman–Crippen MR) is 73.1 cm³/mol. The molecule has 2 aromatic rings. The number of hydrogen-bond acceptors (Lipinski definition) is 2. The fourth-order valence-corrected chi connectivity index (χ4v) is 1.87. The molecule has 3 heteroatoms. The lowest BCUT2D eigenvalue weighted by molar-refractivity contribution is 1.15. The minimum Gasteiger partial charge on any atom is -0.355 e. The van der Waals surface area contributed by atoms with E-state index in [0.29, 0.717) is 5.88 Å². The lowest BCUT2D eigenvalue weighted by atomic mass is 10.1. The summed E-state index contributed by atoms with van der Waals surface area (Å²) in [5.74, 6) is 0.663. The van der Waals surface area contributed by atoms with Gasteiger partial charge in [0.05, 0.1) is 0 Å². The highest BCUT2D eigenvalue weighted by Gasteiger charge is 1.96. The van der Waals surface area contributed by atoms with Crippen LogP contribution < -0.4 is 5.32 Å². The van der Waals surface area contributed by atoms with Crippen molar-refractivity contribution < 1.29 is 0 Å². The van der Waals surface area contributed by atoms with Crippen LogP contribution in [0.4, 0.5) is 11.4 Å². The van der Waals surface area contributed by atoms with Crippen molar-refractivity contribution in [1.82, 2.24) is 4.98 Å². The minimum atomic E-state index is 0.663. The highest BCUT2D eigenvalue weighted by atomic mass is 35.5. The second-order valence-corrected chi connectivity index (χ2v) is 4.32. The summed E-state index contributed by atoms with van der Waals surface area (Å²) in [6, 6.07) is 12.3. The first-order chi connectivity index (χ1) is 8.28. The van der Waals surface area contributed by atoms with Gasteiger partial charge < -0.3 is 5.32 Å².